The second-order valence-corrected chi connectivity index (χ2v) is 9.42. The van der Waals surface area contributed by atoms with Gasteiger partial charge in [-0.1, -0.05) is 43.6 Å². The van der Waals surface area contributed by atoms with E-state index in [-0.39, 0.29) is 11.8 Å². The highest BCUT2D eigenvalue weighted by molar-refractivity contribution is 7.80. The van der Waals surface area contributed by atoms with Crippen LogP contribution >= 0.6 is 35.2 Å². The first-order valence-corrected chi connectivity index (χ1v) is 11.9. The molecule has 168 valence electrons. The van der Waals surface area contributed by atoms with Crippen LogP contribution in [0, 0.1) is 0 Å². The number of amides is 2. The molecule has 2 heterocycles. The Kier molecular flexibility index (Phi) is 6.60. The van der Waals surface area contributed by atoms with Crippen molar-refractivity contribution in [2.45, 2.75) is 26.7 Å². The Bertz CT molecular complexity index is 1270. The zero-order chi connectivity index (χ0) is 23.7. The van der Waals surface area contributed by atoms with Crippen LogP contribution in [-0.2, 0) is 9.59 Å². The number of carbonyl (C=O) groups excluding carboxylic acids is 2. The minimum Gasteiger partial charge on any atom is -0.327 e. The second kappa shape index (κ2) is 9.43. The molecule has 0 bridgehead atoms. The van der Waals surface area contributed by atoms with E-state index in [0.29, 0.717) is 44.0 Å². The van der Waals surface area contributed by atoms with Crippen molar-refractivity contribution in [2.24, 2.45) is 0 Å². The van der Waals surface area contributed by atoms with E-state index >= 15 is 0 Å². The number of hydrogen-bond donors (Lipinski definition) is 1. The summed E-state index contributed by atoms with van der Waals surface area (Å²) in [4.78, 5) is 32.9. The second-order valence-electron chi connectivity index (χ2n) is 7.76. The zero-order valence-electron chi connectivity index (χ0n) is 18.2. The molecule has 1 aliphatic heterocycles. The number of benzene rings is 2. The van der Waals surface area contributed by atoms with Gasteiger partial charge in [-0.2, -0.15) is 0 Å². The number of halogens is 1. The highest BCUT2D eigenvalue weighted by Gasteiger charge is 2.32. The summed E-state index contributed by atoms with van der Waals surface area (Å²) in [6.07, 6.45) is 1.63. The van der Waals surface area contributed by atoms with Gasteiger partial charge in [-0.25, -0.2) is 4.98 Å². The van der Waals surface area contributed by atoms with Crippen LogP contribution < -0.4 is 15.1 Å². The highest BCUT2D eigenvalue weighted by atomic mass is 35.5. The molecule has 0 aliphatic carbocycles. The van der Waals surface area contributed by atoms with E-state index in [1.165, 1.54) is 33.6 Å². The van der Waals surface area contributed by atoms with E-state index in [4.69, 9.17) is 23.8 Å². The predicted octanol–water partition coefficient (Wildman–Crippen LogP) is 5.87. The smallest absolute Gasteiger partial charge is 0.281 e. The lowest BCUT2D eigenvalue weighted by atomic mass is 10.0. The van der Waals surface area contributed by atoms with E-state index in [1.54, 1.807) is 35.7 Å². The van der Waals surface area contributed by atoms with Gasteiger partial charge in [0.25, 0.3) is 5.91 Å². The lowest BCUT2D eigenvalue weighted by molar-refractivity contribution is -0.116. The average molecular weight is 497 g/mol. The topological polar surface area (TPSA) is 65.5 Å². The normalized spacial score (nSPS) is 14.8. The SMILES string of the molecule is CC(=O)N(c1cccc(Cl)c1)c1nc(C=C2NC(=S)N(c3ccc(C(C)C)cc3)C2=O)cs1. The summed E-state index contributed by atoms with van der Waals surface area (Å²) < 4.78 is 0. The highest BCUT2D eigenvalue weighted by Crippen LogP contribution is 2.31. The molecule has 0 atom stereocenters. The maximum absolute atomic E-state index is 13.1. The largest absolute Gasteiger partial charge is 0.327 e. The molecule has 0 spiro atoms. The quantitative estimate of drug-likeness (QED) is 0.353. The van der Waals surface area contributed by atoms with Gasteiger partial charge >= 0.3 is 0 Å². The first-order valence-electron chi connectivity index (χ1n) is 10.2. The lowest BCUT2D eigenvalue weighted by Gasteiger charge is -2.18. The third-order valence-electron chi connectivity index (χ3n) is 5.07. The standard InChI is InChI=1S/C24H21ClN4O2S2/c1-14(2)16-7-9-19(10-8-16)29-22(31)21(27-23(29)32)12-18-13-33-24(26-18)28(15(3)30)20-6-4-5-17(25)11-20/h4-14H,1-3H3,(H,27,32). The molecule has 0 saturated carbocycles. The van der Waals surface area contributed by atoms with E-state index in [1.807, 2.05) is 24.3 Å². The van der Waals surface area contributed by atoms with Gasteiger partial charge in [0.2, 0.25) is 5.91 Å². The fourth-order valence-corrected chi connectivity index (χ4v) is 4.74. The number of nitrogens with zero attached hydrogens (tertiary/aromatic N) is 3. The average Bonchev–Trinajstić information content (AvgIpc) is 3.32. The van der Waals surface area contributed by atoms with Gasteiger partial charge in [0, 0.05) is 17.3 Å². The Morgan fingerprint density at radius 2 is 1.97 bits per heavy atom. The van der Waals surface area contributed by atoms with Gasteiger partial charge in [0.05, 0.1) is 17.1 Å². The molecule has 1 aromatic heterocycles. The molecule has 4 rings (SSSR count). The number of anilines is 3. The molecular weight excluding hydrogens is 476 g/mol. The van der Waals surface area contributed by atoms with Crippen LogP contribution in [0.5, 0.6) is 0 Å². The first-order chi connectivity index (χ1) is 15.7. The fraction of sp³-hybridized carbons (Fsp3) is 0.167. The van der Waals surface area contributed by atoms with Gasteiger partial charge in [0.1, 0.15) is 5.70 Å². The van der Waals surface area contributed by atoms with Gasteiger partial charge in [-0.3, -0.25) is 19.4 Å². The van der Waals surface area contributed by atoms with E-state index < -0.39 is 0 Å². The van der Waals surface area contributed by atoms with Crippen LogP contribution in [0.1, 0.15) is 37.9 Å². The number of thiocarbonyl (C=S) groups is 1. The molecule has 33 heavy (non-hydrogen) atoms. The maximum Gasteiger partial charge on any atom is 0.281 e. The van der Waals surface area contributed by atoms with Crippen molar-refractivity contribution in [3.8, 4) is 0 Å². The minimum absolute atomic E-state index is 0.196. The van der Waals surface area contributed by atoms with E-state index in [9.17, 15) is 9.59 Å². The van der Waals surface area contributed by atoms with Crippen LogP contribution in [-0.4, -0.2) is 21.9 Å². The summed E-state index contributed by atoms with van der Waals surface area (Å²) in [5.74, 6) is -0.0580. The van der Waals surface area contributed by atoms with Gasteiger partial charge in [0.15, 0.2) is 10.2 Å². The van der Waals surface area contributed by atoms with E-state index in [2.05, 4.69) is 24.1 Å². The third-order valence-corrected chi connectivity index (χ3v) is 6.43. The molecule has 1 fully saturated rings. The molecular formula is C24H21ClN4O2S2. The minimum atomic E-state index is -0.259. The molecule has 0 radical (unpaired) electrons. The Morgan fingerprint density at radius 3 is 2.61 bits per heavy atom. The summed E-state index contributed by atoms with van der Waals surface area (Å²) in [7, 11) is 0. The molecule has 1 N–H and O–H groups in total. The van der Waals surface area contributed by atoms with Crippen molar-refractivity contribution in [3.63, 3.8) is 0 Å². The summed E-state index contributed by atoms with van der Waals surface area (Å²) >= 11 is 12.8. The van der Waals surface area contributed by atoms with Gasteiger partial charge < -0.3 is 5.32 Å². The maximum atomic E-state index is 13.1. The fourth-order valence-electron chi connectivity index (χ4n) is 3.41. The summed E-state index contributed by atoms with van der Waals surface area (Å²) in [5, 5.41) is 6.06. The molecule has 6 nitrogen and oxygen atoms in total. The lowest BCUT2D eigenvalue weighted by Crippen LogP contribution is -2.30. The zero-order valence-corrected chi connectivity index (χ0v) is 20.6. The number of hydrogen-bond acceptors (Lipinski definition) is 5. The van der Waals surface area contributed by atoms with E-state index in [0.717, 1.165) is 0 Å². The summed E-state index contributed by atoms with van der Waals surface area (Å²) in [6, 6.07) is 14.8. The van der Waals surface area contributed by atoms with Crippen molar-refractivity contribution in [3.05, 3.63) is 75.9 Å². The van der Waals surface area contributed by atoms with Crippen molar-refractivity contribution in [1.29, 1.82) is 0 Å². The Balaban J connectivity index is 1.59. The molecule has 9 heteroatoms. The molecule has 1 aliphatic rings. The van der Waals surface area contributed by atoms with Crippen LogP contribution in [0.3, 0.4) is 0 Å². The van der Waals surface area contributed by atoms with Crippen LogP contribution in [0.15, 0.2) is 59.6 Å². The predicted molar refractivity (Wildman–Crippen MR) is 138 cm³/mol. The number of thiazole rings is 1. The van der Waals surface area contributed by atoms with Crippen molar-refractivity contribution in [1.82, 2.24) is 10.3 Å². The molecule has 2 aromatic carbocycles. The van der Waals surface area contributed by atoms with Crippen molar-refractivity contribution in [2.75, 3.05) is 9.80 Å². The van der Waals surface area contributed by atoms with Crippen molar-refractivity contribution >= 4 is 74.7 Å². The number of rotatable bonds is 5. The van der Waals surface area contributed by atoms with Gasteiger partial charge in [-0.15, -0.1) is 11.3 Å². The third kappa shape index (κ3) is 4.83. The molecule has 0 unspecified atom stereocenters. The monoisotopic (exact) mass is 496 g/mol. The number of nitrogens with one attached hydrogen (secondary N) is 1. The molecule has 3 aromatic rings. The molecule has 1 saturated heterocycles. The first kappa shape index (κ1) is 23.1. The Morgan fingerprint density at radius 1 is 1.24 bits per heavy atom. The van der Waals surface area contributed by atoms with Crippen LogP contribution in [0.2, 0.25) is 5.02 Å². The van der Waals surface area contributed by atoms with Crippen LogP contribution in [0.4, 0.5) is 16.5 Å². The Hall–Kier alpha value is -3.07. The van der Waals surface area contributed by atoms with Crippen molar-refractivity contribution < 1.29 is 9.59 Å². The Labute approximate surface area is 206 Å². The summed E-state index contributed by atoms with van der Waals surface area (Å²) in [5.41, 5.74) is 3.37. The number of carbonyl (C=O) groups is 2. The molecule has 2 amide bonds. The number of aromatic nitrogens is 1. The van der Waals surface area contributed by atoms with Crippen LogP contribution in [0.25, 0.3) is 6.08 Å². The van der Waals surface area contributed by atoms with Gasteiger partial charge in [-0.05, 0) is 60.1 Å². The summed E-state index contributed by atoms with van der Waals surface area (Å²) in [6.45, 7) is 5.69.